The number of nitrogens with zero attached hydrogens (tertiary/aromatic N) is 3. The van der Waals surface area contributed by atoms with Crippen molar-refractivity contribution in [3.63, 3.8) is 0 Å². The molecule has 0 bridgehead atoms. The van der Waals surface area contributed by atoms with Crippen molar-refractivity contribution < 1.29 is 23.1 Å². The SMILES string of the molecule is CCc1nn(CC)c(-c2ccc(Cl)nc2OC(F)F)c1Cl.O=C=O. The van der Waals surface area contributed by atoms with E-state index < -0.39 is 6.61 Å². The second-order valence-electron chi connectivity index (χ2n) is 4.23. The Morgan fingerprint density at radius 3 is 2.42 bits per heavy atom. The van der Waals surface area contributed by atoms with Gasteiger partial charge in [-0.25, -0.2) is 4.98 Å². The Balaban J connectivity index is 0.000000891. The molecule has 0 saturated carbocycles. The van der Waals surface area contributed by atoms with Crippen LogP contribution >= 0.6 is 23.2 Å². The van der Waals surface area contributed by atoms with Gasteiger partial charge in [-0.3, -0.25) is 4.68 Å². The lowest BCUT2D eigenvalue weighted by Crippen LogP contribution is -2.07. The predicted molar refractivity (Wildman–Crippen MR) is 82.2 cm³/mol. The third-order valence-corrected chi connectivity index (χ3v) is 3.49. The van der Waals surface area contributed by atoms with Crippen LogP contribution in [0.1, 0.15) is 19.5 Å². The van der Waals surface area contributed by atoms with Gasteiger partial charge in [-0.1, -0.05) is 30.1 Å². The van der Waals surface area contributed by atoms with E-state index in [1.165, 1.54) is 6.07 Å². The zero-order chi connectivity index (χ0) is 18.3. The molecule has 2 aromatic rings. The summed E-state index contributed by atoms with van der Waals surface area (Å²) in [6, 6.07) is 3.03. The van der Waals surface area contributed by atoms with Crippen molar-refractivity contribution in [3.05, 3.63) is 28.0 Å². The largest absolute Gasteiger partial charge is 0.416 e. The monoisotopic (exact) mass is 379 g/mol. The summed E-state index contributed by atoms with van der Waals surface area (Å²) in [4.78, 5) is 20.1. The molecule has 2 heterocycles. The second kappa shape index (κ2) is 9.32. The fourth-order valence-corrected chi connectivity index (χ4v) is 2.48. The zero-order valence-electron chi connectivity index (χ0n) is 12.7. The van der Waals surface area contributed by atoms with Crippen molar-refractivity contribution in [1.29, 1.82) is 0 Å². The van der Waals surface area contributed by atoms with E-state index in [-0.39, 0.29) is 17.2 Å². The summed E-state index contributed by atoms with van der Waals surface area (Å²) in [5.74, 6) is -0.267. The van der Waals surface area contributed by atoms with Crippen LogP contribution in [0.3, 0.4) is 0 Å². The van der Waals surface area contributed by atoms with E-state index in [0.717, 1.165) is 0 Å². The Bertz CT molecular complexity index is 732. The summed E-state index contributed by atoms with van der Waals surface area (Å²) in [6.07, 6.45) is 0.880. The molecule has 2 rings (SSSR count). The van der Waals surface area contributed by atoms with Crippen molar-refractivity contribution >= 4 is 29.4 Å². The first kappa shape index (κ1) is 20.0. The highest BCUT2D eigenvalue weighted by Gasteiger charge is 2.22. The molecule has 0 fully saturated rings. The van der Waals surface area contributed by atoms with Crippen LogP contribution in [-0.4, -0.2) is 27.5 Å². The average molecular weight is 380 g/mol. The number of aryl methyl sites for hydroxylation is 2. The molecule has 0 amide bonds. The van der Waals surface area contributed by atoms with Gasteiger partial charge < -0.3 is 4.74 Å². The smallest absolute Gasteiger partial charge is 0.388 e. The number of rotatable bonds is 5. The standard InChI is InChI=1S/C13H13Cl2F2N3O.CO2/c1-3-8-10(15)11(20(4-2)19-8)7-5-6-9(14)18-12(7)21-13(16)17;2-1-3/h5-6,13H,3-4H2,1-2H3;. The molecule has 0 radical (unpaired) electrons. The third kappa shape index (κ3) is 4.74. The highest BCUT2D eigenvalue weighted by molar-refractivity contribution is 6.34. The van der Waals surface area contributed by atoms with Crippen LogP contribution in [0.5, 0.6) is 5.88 Å². The summed E-state index contributed by atoms with van der Waals surface area (Å²) < 4.78 is 31.2. The first-order chi connectivity index (χ1) is 11.4. The summed E-state index contributed by atoms with van der Waals surface area (Å²) in [6.45, 7) is 1.32. The highest BCUT2D eigenvalue weighted by atomic mass is 35.5. The van der Waals surface area contributed by atoms with Gasteiger partial charge in [0, 0.05) is 6.54 Å². The van der Waals surface area contributed by atoms with Crippen LogP contribution in [0.25, 0.3) is 11.3 Å². The lowest BCUT2D eigenvalue weighted by atomic mass is 10.1. The van der Waals surface area contributed by atoms with Gasteiger partial charge in [0.15, 0.2) is 0 Å². The fourth-order valence-electron chi connectivity index (χ4n) is 1.97. The summed E-state index contributed by atoms with van der Waals surface area (Å²) in [5, 5.41) is 4.81. The molecule has 0 atom stereocenters. The topological polar surface area (TPSA) is 74.1 Å². The number of carbonyl (C=O) groups excluding carboxylic acids is 2. The van der Waals surface area contributed by atoms with E-state index in [1.54, 1.807) is 10.7 Å². The highest BCUT2D eigenvalue weighted by Crippen LogP contribution is 2.37. The molecule has 2 aromatic heterocycles. The quantitative estimate of drug-likeness (QED) is 0.737. The molecule has 0 aliphatic carbocycles. The maximum absolute atomic E-state index is 12.5. The van der Waals surface area contributed by atoms with Gasteiger partial charge >= 0.3 is 12.8 Å². The minimum absolute atomic E-state index is 0.0591. The van der Waals surface area contributed by atoms with Crippen LogP contribution in [0.4, 0.5) is 8.78 Å². The van der Waals surface area contributed by atoms with Crippen molar-refractivity contribution in [2.24, 2.45) is 0 Å². The van der Waals surface area contributed by atoms with Gasteiger partial charge in [0.25, 0.3) is 0 Å². The number of halogens is 4. The van der Waals surface area contributed by atoms with Gasteiger partial charge in [-0.2, -0.15) is 23.5 Å². The molecule has 0 saturated heterocycles. The predicted octanol–water partition coefficient (Wildman–Crippen LogP) is 3.85. The van der Waals surface area contributed by atoms with E-state index in [9.17, 15) is 8.78 Å². The van der Waals surface area contributed by atoms with E-state index in [1.807, 2.05) is 13.8 Å². The number of alkyl halides is 2. The molecular weight excluding hydrogens is 367 g/mol. The maximum Gasteiger partial charge on any atom is 0.388 e. The van der Waals surface area contributed by atoms with Gasteiger partial charge in [0.1, 0.15) is 5.15 Å². The van der Waals surface area contributed by atoms with Gasteiger partial charge in [-0.15, -0.1) is 0 Å². The van der Waals surface area contributed by atoms with Crippen molar-refractivity contribution in [2.75, 3.05) is 0 Å². The average Bonchev–Trinajstić information content (AvgIpc) is 2.84. The van der Waals surface area contributed by atoms with E-state index in [2.05, 4.69) is 14.8 Å². The Labute approximate surface area is 146 Å². The van der Waals surface area contributed by atoms with Crippen molar-refractivity contribution in [2.45, 2.75) is 33.4 Å². The summed E-state index contributed by atoms with van der Waals surface area (Å²) in [7, 11) is 0. The maximum atomic E-state index is 12.5. The third-order valence-electron chi connectivity index (χ3n) is 2.88. The Morgan fingerprint density at radius 1 is 1.29 bits per heavy atom. The van der Waals surface area contributed by atoms with E-state index in [4.69, 9.17) is 32.8 Å². The number of ether oxygens (including phenoxy) is 1. The van der Waals surface area contributed by atoms with Crippen LogP contribution in [0, 0.1) is 0 Å². The minimum Gasteiger partial charge on any atom is -0.416 e. The number of hydrogen-bond donors (Lipinski definition) is 0. The lowest BCUT2D eigenvalue weighted by Gasteiger charge is -2.11. The normalized spacial score (nSPS) is 10.1. The van der Waals surface area contributed by atoms with Gasteiger partial charge in [0.05, 0.1) is 22.0 Å². The second-order valence-corrected chi connectivity index (χ2v) is 4.99. The van der Waals surface area contributed by atoms with Crippen LogP contribution < -0.4 is 4.74 Å². The Kier molecular flexibility index (Phi) is 7.78. The molecule has 0 aliphatic rings. The molecule has 0 unspecified atom stereocenters. The van der Waals surface area contributed by atoms with Gasteiger partial charge in [-0.05, 0) is 25.5 Å². The number of aromatic nitrogens is 3. The molecule has 24 heavy (non-hydrogen) atoms. The molecule has 0 aliphatic heterocycles. The van der Waals surface area contributed by atoms with Crippen molar-refractivity contribution in [1.82, 2.24) is 14.8 Å². The minimum atomic E-state index is -3.00. The van der Waals surface area contributed by atoms with Crippen LogP contribution in [0.2, 0.25) is 10.2 Å². The first-order valence-corrected chi connectivity index (χ1v) is 7.51. The molecule has 6 nitrogen and oxygen atoms in total. The molecular formula is C14H13Cl2F2N3O3. The van der Waals surface area contributed by atoms with E-state index in [0.29, 0.717) is 34.9 Å². The van der Waals surface area contributed by atoms with Crippen LogP contribution in [-0.2, 0) is 22.6 Å². The zero-order valence-corrected chi connectivity index (χ0v) is 14.2. The Morgan fingerprint density at radius 2 is 1.92 bits per heavy atom. The summed E-state index contributed by atoms with van der Waals surface area (Å²) in [5.41, 5.74) is 1.51. The first-order valence-electron chi connectivity index (χ1n) is 6.75. The molecule has 0 aromatic carbocycles. The number of pyridine rings is 1. The van der Waals surface area contributed by atoms with Gasteiger partial charge in [0.2, 0.25) is 5.88 Å². The fraction of sp³-hybridized carbons (Fsp3) is 0.357. The molecule has 0 spiro atoms. The number of hydrogen-bond acceptors (Lipinski definition) is 5. The van der Waals surface area contributed by atoms with Crippen molar-refractivity contribution in [3.8, 4) is 17.1 Å². The molecule has 10 heteroatoms. The van der Waals surface area contributed by atoms with Crippen LogP contribution in [0.15, 0.2) is 12.1 Å². The Hall–Kier alpha value is -2.02. The molecule has 0 N–H and O–H groups in total. The van der Waals surface area contributed by atoms with E-state index >= 15 is 0 Å². The lowest BCUT2D eigenvalue weighted by molar-refractivity contribution is -0.191. The molecule has 130 valence electrons. The summed E-state index contributed by atoms with van der Waals surface area (Å²) >= 11 is 12.0.